The smallest absolute Gasteiger partial charge is 0.248 e. The summed E-state index contributed by atoms with van der Waals surface area (Å²) in [5.41, 5.74) is 6.90. The van der Waals surface area contributed by atoms with Crippen LogP contribution < -0.4 is 16.4 Å². The SMILES string of the molecule is NC(=O)C(O)CNC(=O)[C@@H]1Cc2ccccc2N1. The van der Waals surface area contributed by atoms with Crippen molar-refractivity contribution >= 4 is 17.5 Å². The predicted molar refractivity (Wildman–Crippen MR) is 65.8 cm³/mol. The number of carbonyl (C=O) groups excluding carboxylic acids is 2. The first-order valence-electron chi connectivity index (χ1n) is 5.67. The minimum Gasteiger partial charge on any atom is -0.381 e. The Morgan fingerprint density at radius 3 is 2.89 bits per heavy atom. The highest BCUT2D eigenvalue weighted by Crippen LogP contribution is 2.24. The highest BCUT2D eigenvalue weighted by Gasteiger charge is 2.26. The van der Waals surface area contributed by atoms with Crippen molar-refractivity contribution in [3.63, 3.8) is 0 Å². The first-order valence-corrected chi connectivity index (χ1v) is 5.67. The number of hydrogen-bond acceptors (Lipinski definition) is 4. The molecule has 0 spiro atoms. The van der Waals surface area contributed by atoms with Gasteiger partial charge in [-0.15, -0.1) is 0 Å². The molecule has 0 fully saturated rings. The average Bonchev–Trinajstić information content (AvgIpc) is 2.79. The van der Waals surface area contributed by atoms with Crippen molar-refractivity contribution in [2.24, 2.45) is 5.73 Å². The van der Waals surface area contributed by atoms with Gasteiger partial charge in [-0.3, -0.25) is 9.59 Å². The normalized spacial score (nSPS) is 18.6. The van der Waals surface area contributed by atoms with Crippen LogP contribution >= 0.6 is 0 Å². The molecule has 1 aliphatic rings. The number of aliphatic hydroxyl groups excluding tert-OH is 1. The molecule has 0 aliphatic carbocycles. The van der Waals surface area contributed by atoms with Crippen molar-refractivity contribution in [1.29, 1.82) is 0 Å². The van der Waals surface area contributed by atoms with Crippen LogP contribution in [-0.4, -0.2) is 35.6 Å². The van der Waals surface area contributed by atoms with Gasteiger partial charge < -0.3 is 21.5 Å². The van der Waals surface area contributed by atoms with Crippen molar-refractivity contribution < 1.29 is 14.7 Å². The van der Waals surface area contributed by atoms with E-state index in [1.165, 1.54) is 0 Å². The van der Waals surface area contributed by atoms with Crippen LogP contribution in [0.25, 0.3) is 0 Å². The molecule has 0 radical (unpaired) electrons. The Labute approximate surface area is 104 Å². The van der Waals surface area contributed by atoms with Crippen LogP contribution in [-0.2, 0) is 16.0 Å². The Morgan fingerprint density at radius 2 is 2.22 bits per heavy atom. The fourth-order valence-electron chi connectivity index (χ4n) is 1.88. The Morgan fingerprint density at radius 1 is 1.50 bits per heavy atom. The number of amides is 2. The summed E-state index contributed by atoms with van der Waals surface area (Å²) in [6.07, 6.45) is -0.757. The van der Waals surface area contributed by atoms with Crippen molar-refractivity contribution in [2.45, 2.75) is 18.6 Å². The number of para-hydroxylation sites is 1. The average molecular weight is 249 g/mol. The van der Waals surface area contributed by atoms with Crippen molar-refractivity contribution in [3.05, 3.63) is 29.8 Å². The van der Waals surface area contributed by atoms with Gasteiger partial charge in [0.1, 0.15) is 12.1 Å². The minimum absolute atomic E-state index is 0.164. The molecule has 0 bridgehead atoms. The van der Waals surface area contributed by atoms with E-state index in [4.69, 9.17) is 5.73 Å². The zero-order valence-corrected chi connectivity index (χ0v) is 9.72. The van der Waals surface area contributed by atoms with Gasteiger partial charge in [-0.05, 0) is 11.6 Å². The largest absolute Gasteiger partial charge is 0.381 e. The molecule has 2 rings (SSSR count). The monoisotopic (exact) mass is 249 g/mol. The van der Waals surface area contributed by atoms with E-state index < -0.39 is 12.0 Å². The van der Waals surface area contributed by atoms with Gasteiger partial charge in [-0.25, -0.2) is 0 Å². The molecule has 1 heterocycles. The summed E-state index contributed by atoms with van der Waals surface area (Å²) in [5, 5.41) is 14.7. The Balaban J connectivity index is 1.88. The third-order valence-corrected chi connectivity index (χ3v) is 2.89. The number of aliphatic hydroxyl groups is 1. The quantitative estimate of drug-likeness (QED) is 0.548. The highest BCUT2D eigenvalue weighted by atomic mass is 16.3. The van der Waals surface area contributed by atoms with Gasteiger partial charge in [0.15, 0.2) is 0 Å². The maximum atomic E-state index is 11.8. The second-order valence-corrected chi connectivity index (χ2v) is 4.22. The fourth-order valence-corrected chi connectivity index (χ4v) is 1.88. The molecule has 5 N–H and O–H groups in total. The van der Waals surface area contributed by atoms with Gasteiger partial charge in [0, 0.05) is 12.1 Å². The lowest BCUT2D eigenvalue weighted by Gasteiger charge is -2.13. The van der Waals surface area contributed by atoms with Crippen molar-refractivity contribution in [3.8, 4) is 0 Å². The Hall–Kier alpha value is -2.08. The summed E-state index contributed by atoms with van der Waals surface area (Å²) in [6, 6.07) is 7.29. The first-order chi connectivity index (χ1) is 8.58. The molecule has 1 aromatic carbocycles. The number of anilines is 1. The third-order valence-electron chi connectivity index (χ3n) is 2.89. The molecule has 0 aromatic heterocycles. The van der Waals surface area contributed by atoms with E-state index in [-0.39, 0.29) is 18.5 Å². The molecule has 2 amide bonds. The molecule has 18 heavy (non-hydrogen) atoms. The van der Waals surface area contributed by atoms with E-state index in [0.717, 1.165) is 11.3 Å². The number of fused-ring (bicyclic) bond motifs is 1. The topological polar surface area (TPSA) is 104 Å². The van der Waals surface area contributed by atoms with Gasteiger partial charge in [0.05, 0.1) is 6.54 Å². The maximum absolute atomic E-state index is 11.8. The molecule has 96 valence electrons. The molecule has 2 atom stereocenters. The van der Waals surface area contributed by atoms with E-state index in [0.29, 0.717) is 6.42 Å². The van der Waals surface area contributed by atoms with E-state index in [1.807, 2.05) is 24.3 Å². The van der Waals surface area contributed by atoms with Gasteiger partial charge in [-0.1, -0.05) is 18.2 Å². The zero-order chi connectivity index (χ0) is 13.1. The molecular formula is C12H15N3O3. The third kappa shape index (κ3) is 2.60. The Bertz CT molecular complexity index is 450. The number of benzene rings is 1. The molecule has 1 unspecified atom stereocenters. The van der Waals surface area contributed by atoms with E-state index in [2.05, 4.69) is 10.6 Å². The van der Waals surface area contributed by atoms with E-state index >= 15 is 0 Å². The fraction of sp³-hybridized carbons (Fsp3) is 0.333. The Kier molecular flexibility index (Phi) is 3.47. The summed E-state index contributed by atoms with van der Waals surface area (Å²) in [4.78, 5) is 22.4. The number of nitrogens with two attached hydrogens (primary N) is 1. The summed E-state index contributed by atoms with van der Waals surface area (Å²) in [5.74, 6) is -1.11. The van der Waals surface area contributed by atoms with Gasteiger partial charge in [0.25, 0.3) is 0 Å². The lowest BCUT2D eigenvalue weighted by Crippen LogP contribution is -2.45. The molecule has 1 aliphatic heterocycles. The first kappa shape index (κ1) is 12.4. The number of rotatable bonds is 4. The number of nitrogens with one attached hydrogen (secondary N) is 2. The van der Waals surface area contributed by atoms with Crippen molar-refractivity contribution in [2.75, 3.05) is 11.9 Å². The number of carbonyl (C=O) groups is 2. The van der Waals surface area contributed by atoms with Crippen LogP contribution in [0.15, 0.2) is 24.3 Å². The molecule has 0 saturated heterocycles. The lowest BCUT2D eigenvalue weighted by atomic mass is 10.1. The maximum Gasteiger partial charge on any atom is 0.248 e. The predicted octanol–water partition coefficient (Wildman–Crippen LogP) is -1.01. The van der Waals surface area contributed by atoms with E-state index in [9.17, 15) is 14.7 Å². The van der Waals surface area contributed by atoms with Crippen LogP contribution in [0, 0.1) is 0 Å². The van der Waals surface area contributed by atoms with Gasteiger partial charge in [-0.2, -0.15) is 0 Å². The van der Waals surface area contributed by atoms with Gasteiger partial charge >= 0.3 is 0 Å². The molecular weight excluding hydrogens is 234 g/mol. The molecule has 6 heteroatoms. The molecule has 6 nitrogen and oxygen atoms in total. The second-order valence-electron chi connectivity index (χ2n) is 4.22. The summed E-state index contributed by atoms with van der Waals surface area (Å²) in [6.45, 7) is -0.164. The van der Waals surface area contributed by atoms with Crippen LogP contribution in [0.2, 0.25) is 0 Å². The number of hydrogen-bond donors (Lipinski definition) is 4. The standard InChI is InChI=1S/C12H15N3O3/c13-11(17)10(16)6-14-12(18)9-5-7-3-1-2-4-8(7)15-9/h1-4,9-10,15-16H,5-6H2,(H2,13,17)(H,14,18)/t9-,10?/m0/s1. The van der Waals surface area contributed by atoms with Crippen molar-refractivity contribution in [1.82, 2.24) is 5.32 Å². The highest BCUT2D eigenvalue weighted by molar-refractivity contribution is 5.88. The summed E-state index contributed by atoms with van der Waals surface area (Å²) >= 11 is 0. The zero-order valence-electron chi connectivity index (χ0n) is 9.72. The second kappa shape index (κ2) is 5.05. The van der Waals surface area contributed by atoms with Crippen LogP contribution in [0.1, 0.15) is 5.56 Å². The van der Waals surface area contributed by atoms with E-state index in [1.54, 1.807) is 0 Å². The number of primary amides is 1. The van der Waals surface area contributed by atoms with Crippen LogP contribution in [0.4, 0.5) is 5.69 Å². The van der Waals surface area contributed by atoms with Crippen LogP contribution in [0.3, 0.4) is 0 Å². The summed E-state index contributed by atoms with van der Waals surface area (Å²) < 4.78 is 0. The summed E-state index contributed by atoms with van der Waals surface area (Å²) in [7, 11) is 0. The molecule has 1 aromatic rings. The van der Waals surface area contributed by atoms with Crippen LogP contribution in [0.5, 0.6) is 0 Å². The lowest BCUT2D eigenvalue weighted by molar-refractivity contribution is -0.127. The minimum atomic E-state index is -1.35. The molecule has 0 saturated carbocycles. The van der Waals surface area contributed by atoms with Gasteiger partial charge in [0.2, 0.25) is 11.8 Å².